The molecule has 0 spiro atoms. The molecule has 0 bridgehead atoms. The molecule has 0 saturated carbocycles. The summed E-state index contributed by atoms with van der Waals surface area (Å²) in [5.74, 6) is 0. The lowest BCUT2D eigenvalue weighted by atomic mass is 10.1. The van der Waals surface area contributed by atoms with Crippen LogP contribution in [0.3, 0.4) is 0 Å². The van der Waals surface area contributed by atoms with E-state index in [-0.39, 0.29) is 0 Å². The summed E-state index contributed by atoms with van der Waals surface area (Å²) >= 11 is 0. The monoisotopic (exact) mass is 169 g/mol. The maximum atomic E-state index is 5.36. The summed E-state index contributed by atoms with van der Waals surface area (Å²) < 4.78 is 5.36. The second-order valence-electron chi connectivity index (χ2n) is 3.00. The molecule has 0 atom stereocenters. The van der Waals surface area contributed by atoms with Gasteiger partial charge in [0, 0.05) is 28.6 Å². The van der Waals surface area contributed by atoms with Crippen LogP contribution in [0.5, 0.6) is 0 Å². The zero-order valence-corrected chi connectivity index (χ0v) is 6.90. The van der Waals surface area contributed by atoms with Crippen LogP contribution in [0.2, 0.25) is 0 Å². The predicted molar refractivity (Wildman–Crippen MR) is 51.5 cm³/mol. The Hall–Kier alpha value is -1.83. The zero-order chi connectivity index (χ0) is 8.67. The van der Waals surface area contributed by atoms with Gasteiger partial charge in [-0.05, 0) is 24.3 Å². The van der Waals surface area contributed by atoms with Gasteiger partial charge >= 0.3 is 0 Å². The third-order valence-electron chi connectivity index (χ3n) is 2.23. The van der Waals surface area contributed by atoms with Gasteiger partial charge in [0.05, 0.1) is 6.26 Å². The number of rotatable bonds is 0. The molecule has 0 unspecified atom stereocenters. The Morgan fingerprint density at radius 1 is 1.00 bits per heavy atom. The van der Waals surface area contributed by atoms with Crippen molar-refractivity contribution in [3.8, 4) is 0 Å². The SMILES string of the molecule is c1coc2ccc3cncc3c2c1. The van der Waals surface area contributed by atoms with Crippen LogP contribution in [0.25, 0.3) is 21.7 Å². The molecule has 0 aliphatic rings. The minimum Gasteiger partial charge on any atom is -0.464 e. The molecule has 62 valence electrons. The standard InChI is InChI=1S/C11H7NO/c1-2-9-10-7-12-6-8(10)3-4-11(9)13-5-1/h1-7H. The Bertz CT molecular complexity index is 568. The maximum Gasteiger partial charge on any atom is 0.134 e. The van der Waals surface area contributed by atoms with E-state index in [1.807, 2.05) is 36.7 Å². The molecular weight excluding hydrogens is 162 g/mol. The third kappa shape index (κ3) is 0.855. The Kier molecular flexibility index (Phi) is 1.19. The average molecular weight is 169 g/mol. The van der Waals surface area contributed by atoms with E-state index in [0.29, 0.717) is 0 Å². The number of aromatic nitrogens is 1. The Morgan fingerprint density at radius 3 is 3.00 bits per heavy atom. The van der Waals surface area contributed by atoms with Gasteiger partial charge in [-0.15, -0.1) is 0 Å². The summed E-state index contributed by atoms with van der Waals surface area (Å²) in [5, 5.41) is 3.44. The van der Waals surface area contributed by atoms with Crippen LogP contribution in [-0.2, 0) is 0 Å². The first-order valence-electron chi connectivity index (χ1n) is 4.15. The van der Waals surface area contributed by atoms with Gasteiger partial charge in [0.15, 0.2) is 0 Å². The van der Waals surface area contributed by atoms with E-state index in [4.69, 9.17) is 4.42 Å². The molecule has 0 N–H and O–H groups in total. The second kappa shape index (κ2) is 2.33. The first-order valence-corrected chi connectivity index (χ1v) is 4.15. The average Bonchev–Trinajstić information content (AvgIpc) is 2.65. The molecular formula is C11H7NO. The topological polar surface area (TPSA) is 26.0 Å². The first-order chi connectivity index (χ1) is 6.45. The molecule has 3 aromatic rings. The van der Waals surface area contributed by atoms with Gasteiger partial charge in [-0.3, -0.25) is 4.98 Å². The van der Waals surface area contributed by atoms with Gasteiger partial charge in [-0.2, -0.15) is 0 Å². The molecule has 3 rings (SSSR count). The van der Waals surface area contributed by atoms with Gasteiger partial charge in [0.1, 0.15) is 5.58 Å². The van der Waals surface area contributed by atoms with Crippen molar-refractivity contribution >= 4 is 21.7 Å². The van der Waals surface area contributed by atoms with Crippen LogP contribution in [0.1, 0.15) is 0 Å². The fourth-order valence-electron chi connectivity index (χ4n) is 1.60. The first kappa shape index (κ1) is 6.66. The Labute approximate surface area is 74.8 Å². The third-order valence-corrected chi connectivity index (χ3v) is 2.23. The molecule has 13 heavy (non-hydrogen) atoms. The van der Waals surface area contributed by atoms with Crippen LogP contribution in [0.4, 0.5) is 0 Å². The van der Waals surface area contributed by atoms with E-state index < -0.39 is 0 Å². The molecule has 0 fully saturated rings. The smallest absolute Gasteiger partial charge is 0.134 e. The molecule has 2 aromatic heterocycles. The Morgan fingerprint density at radius 2 is 2.00 bits per heavy atom. The van der Waals surface area contributed by atoms with E-state index in [0.717, 1.165) is 21.7 Å². The van der Waals surface area contributed by atoms with Crippen molar-refractivity contribution in [2.45, 2.75) is 0 Å². The summed E-state index contributed by atoms with van der Waals surface area (Å²) in [4.78, 5) is 4.11. The van der Waals surface area contributed by atoms with Crippen molar-refractivity contribution in [3.63, 3.8) is 0 Å². The summed E-state index contributed by atoms with van der Waals surface area (Å²) in [6.45, 7) is 0. The van der Waals surface area contributed by atoms with E-state index in [2.05, 4.69) is 4.98 Å². The van der Waals surface area contributed by atoms with Crippen molar-refractivity contribution in [3.05, 3.63) is 42.9 Å². The molecule has 0 aliphatic carbocycles. The lowest BCUT2D eigenvalue weighted by molar-refractivity contribution is 0.604. The normalized spacial score (nSPS) is 11.1. The molecule has 2 heteroatoms. The van der Waals surface area contributed by atoms with Gasteiger partial charge in [0.2, 0.25) is 0 Å². The number of benzene rings is 1. The molecule has 1 aromatic carbocycles. The molecule has 2 nitrogen and oxygen atoms in total. The molecule has 0 amide bonds. The zero-order valence-electron chi connectivity index (χ0n) is 6.90. The lowest BCUT2D eigenvalue weighted by Crippen LogP contribution is -1.71. The van der Waals surface area contributed by atoms with E-state index in [9.17, 15) is 0 Å². The van der Waals surface area contributed by atoms with Gasteiger partial charge < -0.3 is 4.42 Å². The number of nitrogens with zero attached hydrogens (tertiary/aromatic N) is 1. The minimum atomic E-state index is 0.906. The fourth-order valence-corrected chi connectivity index (χ4v) is 1.60. The highest BCUT2D eigenvalue weighted by Gasteiger charge is 2.01. The van der Waals surface area contributed by atoms with Crippen LogP contribution in [0.15, 0.2) is 47.3 Å². The number of hydrogen-bond acceptors (Lipinski definition) is 2. The fraction of sp³-hybridized carbons (Fsp3) is 0. The summed E-state index contributed by atoms with van der Waals surface area (Å²) in [6.07, 6.45) is 5.42. The highest BCUT2D eigenvalue weighted by Crippen LogP contribution is 2.24. The van der Waals surface area contributed by atoms with Crippen LogP contribution in [0, 0.1) is 0 Å². The quantitative estimate of drug-likeness (QED) is 0.517. The molecule has 0 radical (unpaired) electrons. The van der Waals surface area contributed by atoms with E-state index >= 15 is 0 Å². The summed E-state index contributed by atoms with van der Waals surface area (Å²) in [7, 11) is 0. The van der Waals surface area contributed by atoms with E-state index in [1.165, 1.54) is 0 Å². The van der Waals surface area contributed by atoms with Crippen LogP contribution >= 0.6 is 0 Å². The highest BCUT2D eigenvalue weighted by molar-refractivity contribution is 6.05. The van der Waals surface area contributed by atoms with E-state index in [1.54, 1.807) is 6.26 Å². The van der Waals surface area contributed by atoms with Crippen LogP contribution in [-0.4, -0.2) is 4.98 Å². The van der Waals surface area contributed by atoms with Crippen molar-refractivity contribution in [2.75, 3.05) is 0 Å². The van der Waals surface area contributed by atoms with Crippen molar-refractivity contribution in [1.29, 1.82) is 0 Å². The highest BCUT2D eigenvalue weighted by atomic mass is 16.3. The minimum absolute atomic E-state index is 0.906. The van der Waals surface area contributed by atoms with Crippen LogP contribution < -0.4 is 0 Å². The van der Waals surface area contributed by atoms with Gasteiger partial charge in [-0.1, -0.05) is 0 Å². The lowest BCUT2D eigenvalue weighted by Gasteiger charge is -1.96. The van der Waals surface area contributed by atoms with Gasteiger partial charge in [0.25, 0.3) is 0 Å². The number of fused-ring (bicyclic) bond motifs is 3. The largest absolute Gasteiger partial charge is 0.464 e. The Balaban J connectivity index is 2.65. The van der Waals surface area contributed by atoms with Crippen molar-refractivity contribution < 1.29 is 4.42 Å². The van der Waals surface area contributed by atoms with Gasteiger partial charge in [-0.25, -0.2) is 0 Å². The molecule has 0 aliphatic heterocycles. The maximum absolute atomic E-state index is 5.36. The summed E-state index contributed by atoms with van der Waals surface area (Å²) in [5.41, 5.74) is 0.906. The molecule has 2 heterocycles. The predicted octanol–water partition coefficient (Wildman–Crippen LogP) is 2.98. The van der Waals surface area contributed by atoms with Crippen molar-refractivity contribution in [2.24, 2.45) is 0 Å². The molecule has 0 saturated heterocycles. The second-order valence-corrected chi connectivity index (χ2v) is 3.00. The van der Waals surface area contributed by atoms with Crippen molar-refractivity contribution in [1.82, 2.24) is 4.98 Å². The number of hydrogen-bond donors (Lipinski definition) is 0. The summed E-state index contributed by atoms with van der Waals surface area (Å²) in [6, 6.07) is 7.94.